The Hall–Kier alpha value is -1.86. The molecule has 2 heterocycles. The van der Waals surface area contributed by atoms with Gasteiger partial charge in [0.15, 0.2) is 5.16 Å². The molecule has 0 saturated carbocycles. The van der Waals surface area contributed by atoms with Crippen LogP contribution in [0.2, 0.25) is 5.02 Å². The maximum absolute atomic E-state index is 12.9. The fourth-order valence-electron chi connectivity index (χ4n) is 2.33. The molecule has 0 bridgehead atoms. The highest BCUT2D eigenvalue weighted by molar-refractivity contribution is 7.98. The molecule has 6 nitrogen and oxygen atoms in total. The zero-order chi connectivity index (χ0) is 17.3. The van der Waals surface area contributed by atoms with Crippen molar-refractivity contribution in [3.05, 3.63) is 45.4 Å². The summed E-state index contributed by atoms with van der Waals surface area (Å²) in [5, 5.41) is 9.49. The third-order valence-corrected chi connectivity index (χ3v) is 4.52. The van der Waals surface area contributed by atoms with E-state index in [0.717, 1.165) is 0 Å². The van der Waals surface area contributed by atoms with Gasteiger partial charge in [-0.3, -0.25) is 9.36 Å². The number of thioether (sulfide) groups is 1. The summed E-state index contributed by atoms with van der Waals surface area (Å²) in [7, 11) is 0. The Kier molecular flexibility index (Phi) is 4.91. The Morgan fingerprint density at radius 3 is 2.79 bits per heavy atom. The van der Waals surface area contributed by atoms with Crippen LogP contribution in [0.15, 0.2) is 32.6 Å². The molecule has 1 aromatic carbocycles. The van der Waals surface area contributed by atoms with Gasteiger partial charge in [0.1, 0.15) is 0 Å². The smallest absolute Gasteiger partial charge is 0.262 e. The zero-order valence-corrected chi connectivity index (χ0v) is 15.2. The lowest BCUT2D eigenvalue weighted by molar-refractivity contribution is 0.472. The maximum atomic E-state index is 12.9. The van der Waals surface area contributed by atoms with Gasteiger partial charge in [0.25, 0.3) is 5.56 Å². The van der Waals surface area contributed by atoms with Gasteiger partial charge >= 0.3 is 0 Å². The first-order chi connectivity index (χ1) is 11.4. The molecule has 0 N–H and O–H groups in total. The molecule has 0 fully saturated rings. The molecule has 3 aromatic rings. The second kappa shape index (κ2) is 6.94. The van der Waals surface area contributed by atoms with E-state index in [1.807, 2.05) is 0 Å². The van der Waals surface area contributed by atoms with Crippen LogP contribution in [0.4, 0.5) is 0 Å². The number of rotatable bonds is 5. The first-order valence-corrected chi connectivity index (χ1v) is 8.92. The highest BCUT2D eigenvalue weighted by Crippen LogP contribution is 2.23. The van der Waals surface area contributed by atoms with Crippen molar-refractivity contribution in [2.24, 2.45) is 5.92 Å². The monoisotopic (exact) mass is 364 g/mol. The molecule has 0 aliphatic heterocycles. The maximum Gasteiger partial charge on any atom is 0.262 e. The first kappa shape index (κ1) is 17.0. The number of fused-ring (bicyclic) bond motifs is 1. The molecule has 0 atom stereocenters. The van der Waals surface area contributed by atoms with Crippen molar-refractivity contribution in [1.29, 1.82) is 0 Å². The van der Waals surface area contributed by atoms with E-state index in [1.54, 1.807) is 29.7 Å². The van der Waals surface area contributed by atoms with E-state index in [4.69, 9.17) is 16.0 Å². The van der Waals surface area contributed by atoms with Crippen molar-refractivity contribution in [2.45, 2.75) is 38.2 Å². The third-order valence-electron chi connectivity index (χ3n) is 3.32. The van der Waals surface area contributed by atoms with Gasteiger partial charge in [0, 0.05) is 18.5 Å². The van der Waals surface area contributed by atoms with Crippen LogP contribution in [0.1, 0.15) is 25.6 Å². The van der Waals surface area contributed by atoms with Crippen molar-refractivity contribution in [3.8, 4) is 0 Å². The highest BCUT2D eigenvalue weighted by atomic mass is 35.5. The number of hydrogen-bond acceptors (Lipinski definition) is 6. The van der Waals surface area contributed by atoms with Crippen molar-refractivity contribution >= 4 is 34.3 Å². The summed E-state index contributed by atoms with van der Waals surface area (Å²) in [5.41, 5.74) is 0.550. The second-order valence-electron chi connectivity index (χ2n) is 5.87. The van der Waals surface area contributed by atoms with Crippen LogP contribution in [-0.4, -0.2) is 19.7 Å². The minimum atomic E-state index is -0.0830. The predicted octanol–water partition coefficient (Wildman–Crippen LogP) is 3.69. The molecular formula is C16H17ClN4O2S. The molecule has 0 aliphatic rings. The third kappa shape index (κ3) is 3.62. The van der Waals surface area contributed by atoms with Gasteiger partial charge in [-0.25, -0.2) is 4.98 Å². The number of hydrogen-bond donors (Lipinski definition) is 0. The minimum Gasteiger partial charge on any atom is -0.425 e. The zero-order valence-electron chi connectivity index (χ0n) is 13.6. The number of aryl methyl sites for hydroxylation is 1. The molecule has 126 valence electrons. The Labute approximate surface area is 148 Å². The molecule has 0 saturated heterocycles. The topological polar surface area (TPSA) is 73.8 Å². The van der Waals surface area contributed by atoms with Crippen molar-refractivity contribution in [1.82, 2.24) is 19.7 Å². The van der Waals surface area contributed by atoms with E-state index in [9.17, 15) is 4.79 Å². The fraction of sp³-hybridized carbons (Fsp3) is 0.375. The van der Waals surface area contributed by atoms with Crippen molar-refractivity contribution < 1.29 is 4.42 Å². The van der Waals surface area contributed by atoms with Crippen LogP contribution in [0.25, 0.3) is 10.9 Å². The molecule has 0 unspecified atom stereocenters. The Balaban J connectivity index is 2.03. The van der Waals surface area contributed by atoms with E-state index in [-0.39, 0.29) is 5.56 Å². The summed E-state index contributed by atoms with van der Waals surface area (Å²) in [4.78, 5) is 17.5. The molecule has 8 heteroatoms. The lowest BCUT2D eigenvalue weighted by Crippen LogP contribution is -2.25. The standard InChI is InChI=1S/C16H17ClN4O2S/c1-9(2)7-21-15(22)12-6-11(17)4-5-13(12)18-16(21)24-8-14-20-19-10(3)23-14/h4-6,9H,7-8H2,1-3H3. The largest absolute Gasteiger partial charge is 0.425 e. The van der Waals surface area contributed by atoms with Crippen molar-refractivity contribution in [3.63, 3.8) is 0 Å². The normalized spacial score (nSPS) is 11.5. The average molecular weight is 365 g/mol. The summed E-state index contributed by atoms with van der Waals surface area (Å²) in [6.07, 6.45) is 0. The van der Waals surface area contributed by atoms with Crippen LogP contribution < -0.4 is 5.56 Å². The van der Waals surface area contributed by atoms with E-state index in [0.29, 0.717) is 51.1 Å². The summed E-state index contributed by atoms with van der Waals surface area (Å²) in [5.74, 6) is 1.81. The predicted molar refractivity (Wildman–Crippen MR) is 94.4 cm³/mol. The molecule has 24 heavy (non-hydrogen) atoms. The van der Waals surface area contributed by atoms with Gasteiger partial charge < -0.3 is 4.42 Å². The number of aromatic nitrogens is 4. The SMILES string of the molecule is Cc1nnc(CSc2nc3ccc(Cl)cc3c(=O)n2CC(C)C)o1. The van der Waals surface area contributed by atoms with Crippen LogP contribution in [0.5, 0.6) is 0 Å². The lowest BCUT2D eigenvalue weighted by Gasteiger charge is -2.14. The molecule has 3 rings (SSSR count). The number of halogens is 1. The highest BCUT2D eigenvalue weighted by Gasteiger charge is 2.14. The Morgan fingerprint density at radius 2 is 2.12 bits per heavy atom. The minimum absolute atomic E-state index is 0.0830. The van der Waals surface area contributed by atoms with Gasteiger partial charge in [-0.15, -0.1) is 10.2 Å². The Bertz CT molecular complexity index is 935. The van der Waals surface area contributed by atoms with Gasteiger partial charge in [0.2, 0.25) is 11.8 Å². The molecule has 0 aliphatic carbocycles. The molecule has 2 aromatic heterocycles. The Morgan fingerprint density at radius 1 is 1.33 bits per heavy atom. The molecule has 0 spiro atoms. The quantitative estimate of drug-likeness (QED) is 0.507. The van der Waals surface area contributed by atoms with Crippen LogP contribution in [0.3, 0.4) is 0 Å². The van der Waals surface area contributed by atoms with Gasteiger partial charge in [0.05, 0.1) is 16.7 Å². The van der Waals surface area contributed by atoms with Crippen LogP contribution >= 0.6 is 23.4 Å². The molecule has 0 radical (unpaired) electrons. The van der Waals surface area contributed by atoms with Crippen LogP contribution in [-0.2, 0) is 12.3 Å². The first-order valence-electron chi connectivity index (χ1n) is 7.56. The number of nitrogens with zero attached hydrogens (tertiary/aromatic N) is 4. The van der Waals surface area contributed by atoms with Crippen molar-refractivity contribution in [2.75, 3.05) is 0 Å². The van der Waals surface area contributed by atoms with Gasteiger partial charge in [-0.05, 0) is 24.1 Å². The molecular weight excluding hydrogens is 348 g/mol. The van der Waals surface area contributed by atoms with Gasteiger partial charge in [-0.2, -0.15) is 0 Å². The summed E-state index contributed by atoms with van der Waals surface area (Å²) in [6, 6.07) is 5.16. The fourth-order valence-corrected chi connectivity index (χ4v) is 3.35. The summed E-state index contributed by atoms with van der Waals surface area (Å²) in [6.45, 7) is 6.45. The summed E-state index contributed by atoms with van der Waals surface area (Å²) >= 11 is 7.43. The van der Waals surface area contributed by atoms with E-state index in [1.165, 1.54) is 11.8 Å². The van der Waals surface area contributed by atoms with E-state index < -0.39 is 0 Å². The van der Waals surface area contributed by atoms with E-state index >= 15 is 0 Å². The number of benzene rings is 1. The second-order valence-corrected chi connectivity index (χ2v) is 7.25. The summed E-state index contributed by atoms with van der Waals surface area (Å²) < 4.78 is 7.08. The molecule has 0 amide bonds. The average Bonchev–Trinajstić information content (AvgIpc) is 2.94. The lowest BCUT2D eigenvalue weighted by atomic mass is 10.2. The van der Waals surface area contributed by atoms with Crippen LogP contribution in [0, 0.1) is 12.8 Å². The van der Waals surface area contributed by atoms with E-state index in [2.05, 4.69) is 29.0 Å². The van der Waals surface area contributed by atoms with Gasteiger partial charge in [-0.1, -0.05) is 37.2 Å².